The van der Waals surface area contributed by atoms with E-state index in [1.54, 1.807) is 36.5 Å². The molecule has 0 aliphatic heterocycles. The van der Waals surface area contributed by atoms with E-state index in [2.05, 4.69) is 13.8 Å². The number of hydrogen-bond donors (Lipinski definition) is 0. The number of ether oxygens (including phenoxy) is 2. The molecule has 372 valence electrons. The average molecular weight is 969 g/mol. The van der Waals surface area contributed by atoms with Gasteiger partial charge in [-0.1, -0.05) is 129 Å². The van der Waals surface area contributed by atoms with Crippen LogP contribution in [-0.2, 0) is 26.2 Å². The van der Waals surface area contributed by atoms with Crippen LogP contribution in [0.2, 0.25) is 0 Å². The van der Waals surface area contributed by atoms with Crippen molar-refractivity contribution in [2.75, 3.05) is 0 Å². The van der Waals surface area contributed by atoms with E-state index in [0.29, 0.717) is 20.6 Å². The summed E-state index contributed by atoms with van der Waals surface area (Å²) < 4.78 is 78.7. The molecule has 0 amide bonds. The van der Waals surface area contributed by atoms with E-state index in [0.717, 1.165) is 62.8 Å². The molecule has 4 rings (SSSR count). The van der Waals surface area contributed by atoms with Gasteiger partial charge in [0.05, 0.1) is 0 Å². The summed E-state index contributed by atoms with van der Waals surface area (Å²) in [7, 11) is 0. The van der Waals surface area contributed by atoms with Crippen LogP contribution in [0, 0.1) is 23.3 Å². The summed E-state index contributed by atoms with van der Waals surface area (Å²) in [6, 6.07) is 4.21. The molecule has 2 aromatic rings. The fraction of sp³-hybridized carbons (Fsp3) is 0.621. The Morgan fingerprint density at radius 3 is 0.985 bits per heavy atom. The van der Waals surface area contributed by atoms with Gasteiger partial charge in [0, 0.05) is 0 Å². The van der Waals surface area contributed by atoms with Crippen molar-refractivity contribution in [2.45, 2.75) is 232 Å². The summed E-state index contributed by atoms with van der Waals surface area (Å²) >= 11 is -5.24. The third-order valence-corrected chi connectivity index (χ3v) is 21.7. The molecular formula is C58H84F4O4Ti. The summed E-state index contributed by atoms with van der Waals surface area (Å²) in [4.78, 5) is 26.3. The molecule has 67 heavy (non-hydrogen) atoms. The second kappa shape index (κ2) is 33.3. The third-order valence-electron chi connectivity index (χ3n) is 13.8. The summed E-state index contributed by atoms with van der Waals surface area (Å²) in [5.74, 6) is -6.46. The first-order valence-electron chi connectivity index (χ1n) is 26.9. The molecule has 2 aromatic carbocycles. The first-order chi connectivity index (χ1) is 32.7. The number of allylic oxidation sites excluding steroid dienone is 8. The van der Waals surface area contributed by atoms with Gasteiger partial charge in [-0.3, -0.25) is 0 Å². The van der Waals surface area contributed by atoms with Crippen LogP contribution in [0.25, 0.3) is 0 Å². The van der Waals surface area contributed by atoms with Crippen molar-refractivity contribution in [1.82, 2.24) is 0 Å². The Balaban J connectivity index is 1.35. The fourth-order valence-corrected chi connectivity index (χ4v) is 18.2. The van der Waals surface area contributed by atoms with Crippen LogP contribution in [-0.4, -0.2) is 11.9 Å². The molecule has 4 nitrogen and oxygen atoms in total. The van der Waals surface area contributed by atoms with Gasteiger partial charge in [-0.2, -0.15) is 0 Å². The molecule has 0 heterocycles. The molecule has 0 saturated carbocycles. The van der Waals surface area contributed by atoms with E-state index in [9.17, 15) is 9.59 Å². The van der Waals surface area contributed by atoms with E-state index in [-0.39, 0.29) is 25.7 Å². The zero-order chi connectivity index (χ0) is 48.0. The fourth-order valence-electron chi connectivity index (χ4n) is 9.96. The Morgan fingerprint density at radius 2 is 0.716 bits per heavy atom. The van der Waals surface area contributed by atoms with Crippen LogP contribution >= 0.6 is 0 Å². The zero-order valence-corrected chi connectivity index (χ0v) is 43.0. The van der Waals surface area contributed by atoms with Crippen molar-refractivity contribution in [3.05, 3.63) is 91.7 Å². The van der Waals surface area contributed by atoms with E-state index in [1.807, 2.05) is 0 Å². The second-order valence-corrected chi connectivity index (χ2v) is 25.1. The average Bonchev–Trinajstić information content (AvgIpc) is 4.07. The van der Waals surface area contributed by atoms with Crippen molar-refractivity contribution in [3.8, 4) is 11.5 Å². The van der Waals surface area contributed by atoms with Crippen LogP contribution in [0.4, 0.5) is 17.6 Å². The predicted octanol–water partition coefficient (Wildman–Crippen LogP) is 17.4. The number of unbranched alkanes of at least 4 members (excludes halogenated alkanes) is 28. The molecule has 9 heteroatoms. The second-order valence-electron chi connectivity index (χ2n) is 19.2. The van der Waals surface area contributed by atoms with E-state index in [1.165, 1.54) is 141 Å². The van der Waals surface area contributed by atoms with Gasteiger partial charge in [-0.25, -0.2) is 0 Å². The molecule has 0 N–H and O–H groups in total. The SMILES string of the molecule is CCCCCCCCCCCCCCCCCC(=O)Oc1ccc(F)[c]([Ti]([C]2=CC=CC2)([C]2=CC=CC2)[c]2c(F)ccc(OC(=O)CCCCCCCCCCCCCCCCC)c2F)c1F. The minimum atomic E-state index is -5.24. The molecule has 0 fully saturated rings. The molecule has 0 radical (unpaired) electrons. The molecule has 0 spiro atoms. The normalized spacial score (nSPS) is 13.4. The predicted molar refractivity (Wildman–Crippen MR) is 266 cm³/mol. The van der Waals surface area contributed by atoms with Gasteiger partial charge in [-0.05, 0) is 0 Å². The maximum absolute atomic E-state index is 17.2. The van der Waals surface area contributed by atoms with Crippen LogP contribution in [0.15, 0.2) is 68.5 Å². The van der Waals surface area contributed by atoms with Gasteiger partial charge in [0.15, 0.2) is 0 Å². The van der Waals surface area contributed by atoms with E-state index < -0.39 is 71.0 Å². The maximum atomic E-state index is 17.2. The van der Waals surface area contributed by atoms with Gasteiger partial charge >= 0.3 is 279 Å². The number of esters is 2. The minimum absolute atomic E-state index is 0.0667. The van der Waals surface area contributed by atoms with Crippen molar-refractivity contribution in [1.29, 1.82) is 0 Å². The summed E-state index contributed by atoms with van der Waals surface area (Å²) in [5.41, 5.74) is 0. The Bertz CT molecular complexity index is 1770. The van der Waals surface area contributed by atoms with Crippen LogP contribution in [0.5, 0.6) is 11.5 Å². The Morgan fingerprint density at radius 1 is 0.433 bits per heavy atom. The zero-order valence-electron chi connectivity index (χ0n) is 41.5. The number of carbonyl (C=O) groups is 2. The van der Waals surface area contributed by atoms with Gasteiger partial charge in [0.2, 0.25) is 0 Å². The van der Waals surface area contributed by atoms with Gasteiger partial charge < -0.3 is 0 Å². The number of halogens is 4. The molecule has 0 atom stereocenters. The first kappa shape index (κ1) is 56.4. The standard InChI is InChI=1S/2C24H37F2O2.2C5H5.Ti/c2*1-2-3-4-5-6-7-8-9-10-11-12-13-14-15-16-17-24(27)28-23-19-18-21(25)20-22(23)26;2*1-2-4-5-3-1;/h2*18-19H,2-17H2,1H3;2*1-3H,4H2;. The van der Waals surface area contributed by atoms with Gasteiger partial charge in [-0.15, -0.1) is 0 Å². The monoisotopic (exact) mass is 969 g/mol. The Kier molecular flexibility index (Phi) is 28.0. The molecule has 0 saturated heterocycles. The third kappa shape index (κ3) is 18.9. The summed E-state index contributed by atoms with van der Waals surface area (Å²) in [6.45, 7) is 4.49. The van der Waals surface area contributed by atoms with Crippen molar-refractivity contribution < 1.29 is 53.2 Å². The van der Waals surface area contributed by atoms with Crippen LogP contribution in [0.3, 0.4) is 0 Å². The molecule has 0 unspecified atom stereocenters. The van der Waals surface area contributed by atoms with Crippen LogP contribution in [0.1, 0.15) is 232 Å². The van der Waals surface area contributed by atoms with Crippen LogP contribution < -0.4 is 17.2 Å². The molecule has 2 aliphatic rings. The Hall–Kier alpha value is -3.23. The molecule has 0 bridgehead atoms. The molecule has 2 aliphatic carbocycles. The van der Waals surface area contributed by atoms with Crippen molar-refractivity contribution in [2.24, 2.45) is 0 Å². The molecular weight excluding hydrogens is 884 g/mol. The van der Waals surface area contributed by atoms with E-state index in [4.69, 9.17) is 9.47 Å². The molecule has 0 aromatic heterocycles. The topological polar surface area (TPSA) is 52.6 Å². The van der Waals surface area contributed by atoms with Crippen molar-refractivity contribution in [3.63, 3.8) is 0 Å². The summed E-state index contributed by atoms with van der Waals surface area (Å²) in [6.07, 6.45) is 46.6. The van der Waals surface area contributed by atoms with Gasteiger partial charge in [0.1, 0.15) is 0 Å². The van der Waals surface area contributed by atoms with E-state index >= 15 is 17.6 Å². The Labute approximate surface area is 406 Å². The number of rotatable bonds is 38. The quantitative estimate of drug-likeness (QED) is 0.0221. The number of hydrogen-bond acceptors (Lipinski definition) is 4. The van der Waals surface area contributed by atoms with Crippen molar-refractivity contribution >= 4 is 19.7 Å². The number of carbonyl (C=O) groups excluding carboxylic acids is 2. The number of benzene rings is 2. The summed E-state index contributed by atoms with van der Waals surface area (Å²) in [5, 5.41) is 0. The van der Waals surface area contributed by atoms with Gasteiger partial charge in [0.25, 0.3) is 0 Å². The first-order valence-corrected chi connectivity index (χ1v) is 30.0.